The molecule has 150 valence electrons. The molecular formula is C20H25N3O3S2. The van der Waals surface area contributed by atoms with Crippen molar-refractivity contribution in [3.05, 3.63) is 48.0 Å². The predicted octanol–water partition coefficient (Wildman–Crippen LogP) is 3.99. The van der Waals surface area contributed by atoms with Crippen molar-refractivity contribution in [1.29, 1.82) is 0 Å². The molecule has 2 aromatic carbocycles. The summed E-state index contributed by atoms with van der Waals surface area (Å²) >= 11 is 5.40. The van der Waals surface area contributed by atoms with Crippen LogP contribution < -0.4 is 15.4 Å². The summed E-state index contributed by atoms with van der Waals surface area (Å²) in [5.41, 5.74) is 2.36. The first-order chi connectivity index (χ1) is 13.4. The molecule has 0 spiro atoms. The highest BCUT2D eigenvalue weighted by atomic mass is 32.2. The van der Waals surface area contributed by atoms with Gasteiger partial charge in [-0.15, -0.1) is 0 Å². The topological polar surface area (TPSA) is 70.7 Å². The maximum atomic E-state index is 12.9. The third-order valence-electron chi connectivity index (χ3n) is 4.74. The normalized spacial score (nSPS) is 15.1. The Balaban J connectivity index is 1.76. The van der Waals surface area contributed by atoms with E-state index in [-0.39, 0.29) is 4.90 Å². The molecule has 0 unspecified atom stereocenters. The summed E-state index contributed by atoms with van der Waals surface area (Å²) in [4.78, 5) is 0.284. The zero-order valence-electron chi connectivity index (χ0n) is 16.1. The average Bonchev–Trinajstić information content (AvgIpc) is 2.70. The smallest absolute Gasteiger partial charge is 0.243 e. The molecular weight excluding hydrogens is 394 g/mol. The molecule has 0 atom stereocenters. The Morgan fingerprint density at radius 3 is 2.54 bits per heavy atom. The Hall–Kier alpha value is -2.16. The quantitative estimate of drug-likeness (QED) is 0.714. The van der Waals surface area contributed by atoms with Crippen LogP contribution in [0.15, 0.2) is 47.4 Å². The fraction of sp³-hybridized carbons (Fsp3) is 0.350. The number of benzene rings is 2. The first-order valence-electron chi connectivity index (χ1n) is 9.23. The monoisotopic (exact) mass is 419 g/mol. The molecule has 0 radical (unpaired) electrons. The summed E-state index contributed by atoms with van der Waals surface area (Å²) < 4.78 is 32.6. The van der Waals surface area contributed by atoms with Gasteiger partial charge in [-0.3, -0.25) is 0 Å². The number of nitrogens with zero attached hydrogens (tertiary/aromatic N) is 1. The zero-order valence-corrected chi connectivity index (χ0v) is 17.7. The molecule has 0 saturated carbocycles. The number of hydrogen-bond acceptors (Lipinski definition) is 4. The summed E-state index contributed by atoms with van der Waals surface area (Å²) in [7, 11) is -1.89. The Kier molecular flexibility index (Phi) is 6.53. The fourth-order valence-corrected chi connectivity index (χ4v) is 4.91. The minimum atomic E-state index is -3.49. The van der Waals surface area contributed by atoms with Gasteiger partial charge in [0.25, 0.3) is 0 Å². The fourth-order valence-electron chi connectivity index (χ4n) is 3.14. The van der Waals surface area contributed by atoms with Crippen molar-refractivity contribution in [3.63, 3.8) is 0 Å². The minimum Gasteiger partial charge on any atom is -0.497 e. The van der Waals surface area contributed by atoms with E-state index in [4.69, 9.17) is 17.0 Å². The number of sulfonamides is 1. The molecule has 0 aliphatic carbocycles. The van der Waals surface area contributed by atoms with Crippen molar-refractivity contribution in [3.8, 4) is 5.75 Å². The van der Waals surface area contributed by atoms with E-state index < -0.39 is 10.0 Å². The Morgan fingerprint density at radius 1 is 1.07 bits per heavy atom. The van der Waals surface area contributed by atoms with Crippen molar-refractivity contribution in [2.24, 2.45) is 0 Å². The van der Waals surface area contributed by atoms with E-state index in [0.29, 0.717) is 23.9 Å². The van der Waals surface area contributed by atoms with Crippen LogP contribution in [0.3, 0.4) is 0 Å². The third kappa shape index (κ3) is 4.81. The first kappa shape index (κ1) is 20.6. The highest BCUT2D eigenvalue weighted by Gasteiger charge is 2.26. The van der Waals surface area contributed by atoms with Gasteiger partial charge in [-0.05, 0) is 61.8 Å². The van der Waals surface area contributed by atoms with Crippen LogP contribution in [-0.2, 0) is 10.0 Å². The van der Waals surface area contributed by atoms with Gasteiger partial charge >= 0.3 is 0 Å². The van der Waals surface area contributed by atoms with Gasteiger partial charge in [-0.1, -0.05) is 18.6 Å². The van der Waals surface area contributed by atoms with E-state index >= 15 is 0 Å². The van der Waals surface area contributed by atoms with Gasteiger partial charge in [-0.25, -0.2) is 8.42 Å². The van der Waals surface area contributed by atoms with Crippen LogP contribution >= 0.6 is 12.2 Å². The lowest BCUT2D eigenvalue weighted by atomic mass is 10.2. The van der Waals surface area contributed by atoms with Crippen LogP contribution in [-0.4, -0.2) is 38.0 Å². The lowest BCUT2D eigenvalue weighted by molar-refractivity contribution is 0.346. The van der Waals surface area contributed by atoms with Gasteiger partial charge in [0.1, 0.15) is 5.75 Å². The zero-order chi connectivity index (χ0) is 20.1. The van der Waals surface area contributed by atoms with Gasteiger partial charge in [0.2, 0.25) is 10.0 Å². The van der Waals surface area contributed by atoms with Gasteiger partial charge in [0.15, 0.2) is 5.11 Å². The number of aryl methyl sites for hydroxylation is 1. The summed E-state index contributed by atoms with van der Waals surface area (Å²) in [6, 6.07) is 12.5. The van der Waals surface area contributed by atoms with E-state index in [1.54, 1.807) is 29.6 Å². The summed E-state index contributed by atoms with van der Waals surface area (Å²) in [6.45, 7) is 3.07. The molecule has 28 heavy (non-hydrogen) atoms. The summed E-state index contributed by atoms with van der Waals surface area (Å²) in [6.07, 6.45) is 2.90. The Labute approximate surface area is 171 Å². The molecule has 2 aromatic rings. The van der Waals surface area contributed by atoms with E-state index in [1.165, 1.54) is 0 Å². The van der Waals surface area contributed by atoms with E-state index in [1.807, 2.05) is 31.2 Å². The first-order valence-corrected chi connectivity index (χ1v) is 11.1. The van der Waals surface area contributed by atoms with Crippen LogP contribution in [0.2, 0.25) is 0 Å². The van der Waals surface area contributed by atoms with Crippen molar-refractivity contribution in [2.75, 3.05) is 30.8 Å². The lowest BCUT2D eigenvalue weighted by Gasteiger charge is -2.26. The molecule has 1 saturated heterocycles. The molecule has 8 heteroatoms. The largest absolute Gasteiger partial charge is 0.497 e. The van der Waals surface area contributed by atoms with Gasteiger partial charge in [-0.2, -0.15) is 4.31 Å². The number of anilines is 2. The third-order valence-corrected chi connectivity index (χ3v) is 6.84. The molecule has 1 aliphatic rings. The van der Waals surface area contributed by atoms with Crippen LogP contribution in [0.4, 0.5) is 11.4 Å². The predicted molar refractivity (Wildman–Crippen MR) is 117 cm³/mol. The number of thiocarbonyl (C=S) groups is 1. The second-order valence-electron chi connectivity index (χ2n) is 6.75. The molecule has 3 rings (SSSR count). The Morgan fingerprint density at radius 2 is 1.82 bits per heavy atom. The number of ether oxygens (including phenoxy) is 1. The minimum absolute atomic E-state index is 0.284. The molecule has 0 aromatic heterocycles. The molecule has 6 nitrogen and oxygen atoms in total. The highest BCUT2D eigenvalue weighted by molar-refractivity contribution is 7.89. The van der Waals surface area contributed by atoms with Crippen molar-refractivity contribution in [2.45, 2.75) is 31.1 Å². The van der Waals surface area contributed by atoms with E-state index in [9.17, 15) is 8.42 Å². The highest BCUT2D eigenvalue weighted by Crippen LogP contribution is 2.25. The van der Waals surface area contributed by atoms with Gasteiger partial charge in [0, 0.05) is 30.5 Å². The second-order valence-corrected chi connectivity index (χ2v) is 9.10. The van der Waals surface area contributed by atoms with Crippen LogP contribution in [0.5, 0.6) is 5.75 Å². The lowest BCUT2D eigenvalue weighted by Crippen LogP contribution is -2.35. The summed E-state index contributed by atoms with van der Waals surface area (Å²) in [5, 5.41) is 6.58. The van der Waals surface area contributed by atoms with Crippen molar-refractivity contribution >= 4 is 38.7 Å². The van der Waals surface area contributed by atoms with Crippen molar-refractivity contribution < 1.29 is 13.2 Å². The van der Waals surface area contributed by atoms with E-state index in [2.05, 4.69) is 10.6 Å². The number of hydrogen-bond donors (Lipinski definition) is 2. The molecule has 0 bridgehead atoms. The number of rotatable bonds is 5. The summed E-state index contributed by atoms with van der Waals surface area (Å²) in [5.74, 6) is 0.721. The maximum Gasteiger partial charge on any atom is 0.243 e. The van der Waals surface area contributed by atoms with E-state index in [0.717, 1.165) is 36.3 Å². The number of piperidine rings is 1. The van der Waals surface area contributed by atoms with Crippen LogP contribution in [0.25, 0.3) is 0 Å². The second kappa shape index (κ2) is 8.89. The van der Waals surface area contributed by atoms with Gasteiger partial charge < -0.3 is 15.4 Å². The van der Waals surface area contributed by atoms with Crippen LogP contribution in [0.1, 0.15) is 24.8 Å². The average molecular weight is 420 g/mol. The van der Waals surface area contributed by atoms with Gasteiger partial charge in [0.05, 0.1) is 12.0 Å². The number of methoxy groups -OCH3 is 1. The molecule has 1 aliphatic heterocycles. The molecule has 2 N–H and O–H groups in total. The number of nitrogens with one attached hydrogen (secondary N) is 2. The Bertz CT molecular complexity index is 955. The maximum absolute atomic E-state index is 12.9. The standard InChI is InChI=1S/C20H25N3O3S2/c1-15-9-10-18(28(24,25)23-11-4-3-5-12-23)14-19(15)22-20(27)21-16-7-6-8-17(13-16)26-2/h6-10,13-14H,3-5,11-12H2,1-2H3,(H2,21,22,27). The van der Waals surface area contributed by atoms with Crippen molar-refractivity contribution in [1.82, 2.24) is 4.31 Å². The van der Waals surface area contributed by atoms with Crippen LogP contribution in [0, 0.1) is 6.92 Å². The molecule has 1 heterocycles. The molecule has 0 amide bonds. The molecule has 1 fully saturated rings. The SMILES string of the molecule is COc1cccc(NC(=S)Nc2cc(S(=O)(=O)N3CCCCC3)ccc2C)c1.